The number of fused-ring (bicyclic) bond motifs is 1. The van der Waals surface area contributed by atoms with Gasteiger partial charge in [-0.05, 0) is 37.0 Å². The maximum atomic E-state index is 11.8. The lowest BCUT2D eigenvalue weighted by atomic mass is 9.73. The molecule has 8 atom stereocenters. The van der Waals surface area contributed by atoms with Gasteiger partial charge in [0.2, 0.25) is 0 Å². The van der Waals surface area contributed by atoms with Crippen molar-refractivity contribution in [2.45, 2.75) is 85.1 Å². The lowest BCUT2D eigenvalue weighted by Crippen LogP contribution is -2.41. The van der Waals surface area contributed by atoms with Gasteiger partial charge in [0.25, 0.3) is 0 Å². The van der Waals surface area contributed by atoms with E-state index in [9.17, 15) is 15.0 Å². The summed E-state index contributed by atoms with van der Waals surface area (Å²) in [5, 5.41) is 20.8. The third-order valence-electron chi connectivity index (χ3n) is 6.46. The molecule has 2 N–H and O–H groups in total. The summed E-state index contributed by atoms with van der Waals surface area (Å²) in [6, 6.07) is 0. The van der Waals surface area contributed by atoms with E-state index in [4.69, 9.17) is 14.2 Å². The molecule has 1 aliphatic heterocycles. The number of rotatable bonds is 8. The van der Waals surface area contributed by atoms with Gasteiger partial charge in [-0.25, -0.2) is 0 Å². The quantitative estimate of drug-likeness (QED) is 0.504. The van der Waals surface area contributed by atoms with Crippen LogP contribution in [0.15, 0.2) is 0 Å². The van der Waals surface area contributed by atoms with Crippen LogP contribution in [-0.2, 0) is 19.0 Å². The Morgan fingerprint density at radius 3 is 2.54 bits per heavy atom. The van der Waals surface area contributed by atoms with Gasteiger partial charge in [-0.1, -0.05) is 34.6 Å². The van der Waals surface area contributed by atoms with E-state index >= 15 is 0 Å². The zero-order valence-corrected chi connectivity index (χ0v) is 16.6. The van der Waals surface area contributed by atoms with Crippen LogP contribution in [0.2, 0.25) is 0 Å². The SMILES string of the molecule is CCC(C)(CC(C)(C)C)C(O)OCC(O)OC1C2CC3C(=O)OC1C3C2. The van der Waals surface area contributed by atoms with Crippen LogP contribution in [0.1, 0.15) is 60.3 Å². The largest absolute Gasteiger partial charge is 0.459 e. The Morgan fingerprint density at radius 2 is 1.92 bits per heavy atom. The molecule has 8 unspecified atom stereocenters. The minimum absolute atomic E-state index is 0.0303. The molecule has 0 radical (unpaired) electrons. The lowest BCUT2D eigenvalue weighted by molar-refractivity contribution is -0.243. The minimum atomic E-state index is -1.14. The average molecular weight is 370 g/mol. The highest BCUT2D eigenvalue weighted by atomic mass is 16.7. The van der Waals surface area contributed by atoms with E-state index in [-0.39, 0.29) is 48.0 Å². The van der Waals surface area contributed by atoms with Crippen molar-refractivity contribution in [3.63, 3.8) is 0 Å². The number of carbonyl (C=O) groups excluding carboxylic acids is 1. The number of aliphatic hydroxyl groups is 2. The summed E-state index contributed by atoms with van der Waals surface area (Å²) < 4.78 is 16.8. The second-order valence-electron chi connectivity index (χ2n) is 9.89. The molecule has 2 bridgehead atoms. The van der Waals surface area contributed by atoms with Gasteiger partial charge in [-0.3, -0.25) is 4.79 Å². The predicted molar refractivity (Wildman–Crippen MR) is 94.9 cm³/mol. The fourth-order valence-electron chi connectivity index (χ4n) is 5.28. The fraction of sp³-hybridized carbons (Fsp3) is 0.950. The van der Waals surface area contributed by atoms with Crippen molar-refractivity contribution in [1.82, 2.24) is 0 Å². The van der Waals surface area contributed by atoms with Gasteiger partial charge in [0.1, 0.15) is 18.8 Å². The van der Waals surface area contributed by atoms with Crippen LogP contribution in [0.25, 0.3) is 0 Å². The van der Waals surface area contributed by atoms with E-state index in [0.29, 0.717) is 0 Å². The second kappa shape index (κ2) is 7.04. The number of carbonyl (C=O) groups is 1. The van der Waals surface area contributed by atoms with Crippen molar-refractivity contribution in [1.29, 1.82) is 0 Å². The molecule has 0 aromatic rings. The van der Waals surface area contributed by atoms with Gasteiger partial charge in [-0.2, -0.15) is 0 Å². The van der Waals surface area contributed by atoms with Crippen molar-refractivity contribution in [2.24, 2.45) is 28.6 Å². The van der Waals surface area contributed by atoms with Crippen LogP contribution in [0.4, 0.5) is 0 Å². The standard InChI is InChI=1S/C20H34O6/c1-6-20(5,10-19(2,3)4)18(23)24-9-14(21)25-15-11-7-12-13(8-11)17(22)26-16(12)15/h11-16,18,21,23H,6-10H2,1-5H3. The van der Waals surface area contributed by atoms with Crippen molar-refractivity contribution in [2.75, 3.05) is 6.61 Å². The van der Waals surface area contributed by atoms with E-state index in [1.807, 2.05) is 13.8 Å². The lowest BCUT2D eigenvalue weighted by Gasteiger charge is -2.38. The highest BCUT2D eigenvalue weighted by Gasteiger charge is 2.62. The van der Waals surface area contributed by atoms with Crippen molar-refractivity contribution >= 4 is 5.97 Å². The first-order valence-corrected chi connectivity index (χ1v) is 9.88. The number of hydrogen-bond acceptors (Lipinski definition) is 6. The topological polar surface area (TPSA) is 85.2 Å². The first-order chi connectivity index (χ1) is 12.0. The highest BCUT2D eigenvalue weighted by molar-refractivity contribution is 5.76. The van der Waals surface area contributed by atoms with Crippen molar-refractivity contribution < 1.29 is 29.2 Å². The Bertz CT molecular complexity index is 529. The fourth-order valence-corrected chi connectivity index (χ4v) is 5.28. The molecule has 0 amide bonds. The molecule has 0 aromatic carbocycles. The smallest absolute Gasteiger partial charge is 0.309 e. The monoisotopic (exact) mass is 370 g/mol. The van der Waals surface area contributed by atoms with E-state index in [1.165, 1.54) is 0 Å². The molecule has 1 saturated heterocycles. The third kappa shape index (κ3) is 3.79. The van der Waals surface area contributed by atoms with Gasteiger partial charge in [0, 0.05) is 11.3 Å². The molecule has 0 aromatic heterocycles. The van der Waals surface area contributed by atoms with E-state index in [1.54, 1.807) is 0 Å². The molecule has 3 aliphatic rings. The Hall–Kier alpha value is -0.690. The molecule has 3 fully saturated rings. The molecule has 0 spiro atoms. The Balaban J connectivity index is 1.50. The number of hydrogen-bond donors (Lipinski definition) is 2. The summed E-state index contributed by atoms with van der Waals surface area (Å²) in [7, 11) is 0. The van der Waals surface area contributed by atoms with E-state index < -0.39 is 18.0 Å². The van der Waals surface area contributed by atoms with Gasteiger partial charge < -0.3 is 24.4 Å². The predicted octanol–water partition coefficient (Wildman–Crippen LogP) is 2.46. The van der Waals surface area contributed by atoms with Gasteiger partial charge in [0.15, 0.2) is 12.6 Å². The average Bonchev–Trinajstić information content (AvgIpc) is 3.15. The summed E-state index contributed by atoms with van der Waals surface area (Å²) in [6.07, 6.45) is 0.704. The molecular formula is C20H34O6. The molecular weight excluding hydrogens is 336 g/mol. The van der Waals surface area contributed by atoms with E-state index in [2.05, 4.69) is 20.8 Å². The van der Waals surface area contributed by atoms with Gasteiger partial charge >= 0.3 is 5.97 Å². The van der Waals surface area contributed by atoms with Crippen LogP contribution in [0.3, 0.4) is 0 Å². The molecule has 26 heavy (non-hydrogen) atoms. The normalized spacial score (nSPS) is 37.5. The molecule has 2 aliphatic carbocycles. The first kappa shape index (κ1) is 20.1. The van der Waals surface area contributed by atoms with Crippen molar-refractivity contribution in [3.8, 4) is 0 Å². The number of esters is 1. The van der Waals surface area contributed by atoms with Crippen LogP contribution >= 0.6 is 0 Å². The van der Waals surface area contributed by atoms with Crippen LogP contribution in [0, 0.1) is 28.6 Å². The molecule has 1 heterocycles. The maximum absolute atomic E-state index is 11.8. The summed E-state index contributed by atoms with van der Waals surface area (Å²) in [5.41, 5.74) is -0.325. The first-order valence-electron chi connectivity index (χ1n) is 9.88. The molecule has 6 nitrogen and oxygen atoms in total. The van der Waals surface area contributed by atoms with Crippen molar-refractivity contribution in [3.05, 3.63) is 0 Å². The molecule has 6 heteroatoms. The summed E-state index contributed by atoms with van der Waals surface area (Å²) in [6.45, 7) is 10.3. The number of aliphatic hydroxyl groups excluding tert-OH is 2. The Kier molecular flexibility index (Phi) is 5.43. The molecule has 150 valence electrons. The van der Waals surface area contributed by atoms with E-state index in [0.717, 1.165) is 25.7 Å². The minimum Gasteiger partial charge on any atom is -0.459 e. The molecule has 2 saturated carbocycles. The van der Waals surface area contributed by atoms with Gasteiger partial charge in [0.05, 0.1) is 5.92 Å². The summed E-state index contributed by atoms with van der Waals surface area (Å²) >= 11 is 0. The zero-order chi connectivity index (χ0) is 19.3. The van der Waals surface area contributed by atoms with Crippen LogP contribution < -0.4 is 0 Å². The Labute approximate surface area is 156 Å². The second-order valence-corrected chi connectivity index (χ2v) is 9.89. The zero-order valence-electron chi connectivity index (χ0n) is 16.6. The van der Waals surface area contributed by atoms with Crippen LogP contribution in [-0.4, -0.2) is 47.6 Å². The summed E-state index contributed by atoms with van der Waals surface area (Å²) in [5.74, 6) is 0.424. The number of ether oxygens (including phenoxy) is 3. The van der Waals surface area contributed by atoms with Gasteiger partial charge in [-0.15, -0.1) is 0 Å². The third-order valence-corrected chi connectivity index (χ3v) is 6.46. The van der Waals surface area contributed by atoms with Crippen LogP contribution in [0.5, 0.6) is 0 Å². The highest BCUT2D eigenvalue weighted by Crippen LogP contribution is 2.55. The Morgan fingerprint density at radius 1 is 1.23 bits per heavy atom. The maximum Gasteiger partial charge on any atom is 0.309 e. The molecule has 3 rings (SSSR count). The summed E-state index contributed by atoms with van der Waals surface area (Å²) in [4.78, 5) is 11.8.